The molecule has 0 aromatic rings. The van der Waals surface area contributed by atoms with Crippen LogP contribution in [0.25, 0.3) is 0 Å². The van der Waals surface area contributed by atoms with Crippen molar-refractivity contribution in [2.75, 3.05) is 0 Å². The molecule has 1 saturated heterocycles. The minimum Gasteiger partial charge on any atom is -0.387 e. The lowest BCUT2D eigenvalue weighted by Gasteiger charge is -2.52. The summed E-state index contributed by atoms with van der Waals surface area (Å²) in [7, 11) is -5.04. The maximum absolute atomic E-state index is 10.8. The molecule has 15 nitrogen and oxygen atoms in total. The zero-order chi connectivity index (χ0) is 19.7. The SMILES string of the molecule is N=C1N(O)[C@H](CC(O)(O)NS(=O)(=O)O)[C@@H]2N=C(N)CC23N1N=CC3(O)O. The highest BCUT2D eigenvalue weighted by Gasteiger charge is 2.71. The Hall–Kier alpha value is -1.92. The van der Waals surface area contributed by atoms with Gasteiger partial charge in [-0.1, -0.05) is 0 Å². The minimum absolute atomic E-state index is 0.0877. The van der Waals surface area contributed by atoms with E-state index in [1.807, 2.05) is 0 Å². The van der Waals surface area contributed by atoms with Gasteiger partial charge in [0.15, 0.2) is 5.54 Å². The van der Waals surface area contributed by atoms with Crippen molar-refractivity contribution in [1.82, 2.24) is 14.8 Å². The third kappa shape index (κ3) is 2.63. The second-order valence-electron chi connectivity index (χ2n) is 6.28. The van der Waals surface area contributed by atoms with Gasteiger partial charge in [-0.3, -0.25) is 20.2 Å². The fourth-order valence-corrected chi connectivity index (χ4v) is 4.04. The molecule has 1 fully saturated rings. The minimum atomic E-state index is -5.04. The van der Waals surface area contributed by atoms with Crippen molar-refractivity contribution in [3.8, 4) is 0 Å². The highest BCUT2D eigenvalue weighted by Crippen LogP contribution is 2.48. The van der Waals surface area contributed by atoms with Crippen LogP contribution in [0.15, 0.2) is 10.1 Å². The predicted octanol–water partition coefficient (Wildman–Crippen LogP) is -4.73. The summed E-state index contributed by atoms with van der Waals surface area (Å²) in [6, 6.07) is -2.91. The highest BCUT2D eigenvalue weighted by molar-refractivity contribution is 7.83. The van der Waals surface area contributed by atoms with Crippen LogP contribution in [0, 0.1) is 5.41 Å². The van der Waals surface area contributed by atoms with Crippen LogP contribution in [-0.2, 0) is 10.3 Å². The number of nitrogens with two attached hydrogens (primary N) is 1. The van der Waals surface area contributed by atoms with Crippen molar-refractivity contribution in [2.45, 2.75) is 42.2 Å². The Labute approximate surface area is 146 Å². The Kier molecular flexibility index (Phi) is 3.84. The van der Waals surface area contributed by atoms with Crippen LogP contribution in [0.5, 0.6) is 0 Å². The first-order valence-corrected chi connectivity index (χ1v) is 8.54. The van der Waals surface area contributed by atoms with Crippen LogP contribution < -0.4 is 10.5 Å². The van der Waals surface area contributed by atoms with Crippen LogP contribution in [0.2, 0.25) is 0 Å². The Balaban J connectivity index is 2.02. The Morgan fingerprint density at radius 2 is 2.08 bits per heavy atom. The first-order chi connectivity index (χ1) is 11.7. The summed E-state index contributed by atoms with van der Waals surface area (Å²) in [6.07, 6.45) is -0.605. The molecule has 3 atom stereocenters. The summed E-state index contributed by atoms with van der Waals surface area (Å²) < 4.78 is 31.6. The molecule has 3 aliphatic heterocycles. The quantitative estimate of drug-likeness (QED) is 0.161. The molecule has 0 aliphatic carbocycles. The van der Waals surface area contributed by atoms with E-state index in [9.17, 15) is 34.1 Å². The lowest BCUT2D eigenvalue weighted by molar-refractivity contribution is -0.234. The fourth-order valence-electron chi connectivity index (χ4n) is 3.54. The molecule has 0 aromatic carbocycles. The van der Waals surface area contributed by atoms with Gasteiger partial charge in [0.05, 0.1) is 18.1 Å². The van der Waals surface area contributed by atoms with E-state index in [4.69, 9.17) is 15.7 Å². The van der Waals surface area contributed by atoms with Gasteiger partial charge in [0.2, 0.25) is 17.7 Å². The van der Waals surface area contributed by atoms with Crippen LogP contribution in [0.1, 0.15) is 12.8 Å². The van der Waals surface area contributed by atoms with Gasteiger partial charge in [-0.15, -0.1) is 4.72 Å². The second kappa shape index (κ2) is 5.30. The summed E-state index contributed by atoms with van der Waals surface area (Å²) >= 11 is 0. The molecule has 0 saturated carbocycles. The number of amidine groups is 1. The molecule has 0 bridgehead atoms. The monoisotopic (exact) mass is 395 g/mol. The number of nitrogens with zero attached hydrogens (tertiary/aromatic N) is 4. The second-order valence-corrected chi connectivity index (χ2v) is 7.44. The Bertz CT molecular complexity index is 810. The molecule has 0 amide bonds. The molecular weight excluding hydrogens is 378 g/mol. The van der Waals surface area contributed by atoms with Crippen molar-refractivity contribution >= 4 is 28.3 Å². The van der Waals surface area contributed by atoms with E-state index in [0.29, 0.717) is 6.21 Å². The predicted molar refractivity (Wildman–Crippen MR) is 81.9 cm³/mol. The van der Waals surface area contributed by atoms with Gasteiger partial charge in [-0.2, -0.15) is 13.5 Å². The number of aliphatic hydroxyl groups is 4. The molecular formula is C10H17N7O8S. The van der Waals surface area contributed by atoms with Gasteiger partial charge in [-0.25, -0.2) is 10.1 Å². The van der Waals surface area contributed by atoms with Crippen molar-refractivity contribution in [3.63, 3.8) is 0 Å². The summed E-state index contributed by atoms with van der Waals surface area (Å²) in [5, 5.41) is 63.1. The number of hydrogen-bond donors (Lipinski definition) is 9. The number of hydrazone groups is 1. The third-order valence-corrected chi connectivity index (χ3v) is 5.08. The molecule has 1 spiro atoms. The maximum atomic E-state index is 10.8. The average Bonchev–Trinajstić information content (AvgIpc) is 2.91. The van der Waals surface area contributed by atoms with Crippen molar-refractivity contribution in [3.05, 3.63) is 0 Å². The molecule has 0 aromatic heterocycles. The number of aliphatic imine (C=N–C) groups is 1. The first kappa shape index (κ1) is 18.9. The van der Waals surface area contributed by atoms with Crippen molar-refractivity contribution in [2.24, 2.45) is 15.8 Å². The summed E-state index contributed by atoms with van der Waals surface area (Å²) in [5.74, 6) is -6.75. The topological polar surface area (TPSA) is 249 Å². The van der Waals surface area contributed by atoms with Crippen LogP contribution in [-0.4, -0.2) is 96.0 Å². The largest absolute Gasteiger partial charge is 0.387 e. The maximum Gasteiger partial charge on any atom is 0.337 e. The van der Waals surface area contributed by atoms with E-state index >= 15 is 0 Å². The fraction of sp³-hybridized carbons (Fsp3) is 0.700. The van der Waals surface area contributed by atoms with E-state index in [1.165, 1.54) is 0 Å². The van der Waals surface area contributed by atoms with Crippen molar-refractivity contribution < 1.29 is 38.6 Å². The van der Waals surface area contributed by atoms with E-state index in [0.717, 1.165) is 9.73 Å². The van der Waals surface area contributed by atoms with Gasteiger partial charge < -0.3 is 26.2 Å². The highest BCUT2D eigenvalue weighted by atomic mass is 32.2. The zero-order valence-electron chi connectivity index (χ0n) is 12.9. The van der Waals surface area contributed by atoms with Crippen LogP contribution >= 0.6 is 0 Å². The number of hydroxylamine groups is 2. The molecule has 3 aliphatic rings. The normalized spacial score (nSPS) is 33.3. The molecule has 10 N–H and O–H groups in total. The van der Waals surface area contributed by atoms with Gasteiger partial charge in [0, 0.05) is 12.8 Å². The lowest BCUT2D eigenvalue weighted by Crippen LogP contribution is -2.76. The van der Waals surface area contributed by atoms with Crippen LogP contribution in [0.3, 0.4) is 0 Å². The smallest absolute Gasteiger partial charge is 0.337 e. The number of rotatable bonds is 4. The summed E-state index contributed by atoms with van der Waals surface area (Å²) in [5.41, 5.74) is 3.83. The number of guanidine groups is 1. The Morgan fingerprint density at radius 1 is 1.46 bits per heavy atom. The Morgan fingerprint density at radius 3 is 2.65 bits per heavy atom. The third-order valence-electron chi connectivity index (χ3n) is 4.50. The molecule has 146 valence electrons. The summed E-state index contributed by atoms with van der Waals surface area (Å²) in [6.45, 7) is 0. The molecule has 26 heavy (non-hydrogen) atoms. The average molecular weight is 395 g/mol. The van der Waals surface area contributed by atoms with Gasteiger partial charge in [0.1, 0.15) is 6.04 Å². The van der Waals surface area contributed by atoms with Crippen molar-refractivity contribution in [1.29, 1.82) is 5.41 Å². The van der Waals surface area contributed by atoms with Gasteiger partial charge >= 0.3 is 10.3 Å². The molecule has 16 heteroatoms. The molecule has 1 unspecified atom stereocenters. The molecule has 0 radical (unpaired) electrons. The van der Waals surface area contributed by atoms with E-state index < -0.39 is 52.0 Å². The van der Waals surface area contributed by atoms with Gasteiger partial charge in [0.25, 0.3) is 0 Å². The lowest BCUT2D eigenvalue weighted by atomic mass is 9.75. The number of nitrogens with one attached hydrogen (secondary N) is 2. The van der Waals surface area contributed by atoms with E-state index in [1.54, 1.807) is 0 Å². The van der Waals surface area contributed by atoms with Crippen LogP contribution in [0.4, 0.5) is 0 Å². The number of hydrogen-bond acceptors (Lipinski definition) is 11. The standard InChI is InChI=1S/C10H17N7O8S/c11-5-2-8-6(14-5)4(1-10(20,21)15-26(23,24)25)16(22)7(12)17(8)13-3-9(8,18)19/h3-4,6,12,15,18-22H,1-2H2,(H2,11,14)(H,23,24,25)/t4-,6+,8?/m1/s1. The summed E-state index contributed by atoms with van der Waals surface area (Å²) in [4.78, 5) is 3.98. The van der Waals surface area contributed by atoms with Gasteiger partial charge in [-0.05, 0) is 0 Å². The van der Waals surface area contributed by atoms with E-state index in [-0.39, 0.29) is 17.3 Å². The van der Waals surface area contributed by atoms with E-state index in [2.05, 4.69) is 10.1 Å². The molecule has 3 rings (SSSR count). The first-order valence-electron chi connectivity index (χ1n) is 7.10. The zero-order valence-corrected chi connectivity index (χ0v) is 13.7. The molecule has 3 heterocycles.